The largest absolute Gasteiger partial charge is 0.481 e. The van der Waals surface area contributed by atoms with Crippen molar-refractivity contribution < 1.29 is 19.1 Å². The summed E-state index contributed by atoms with van der Waals surface area (Å²) in [4.78, 5) is 26.6. The average Bonchev–Trinajstić information content (AvgIpc) is 2.66. The van der Waals surface area contributed by atoms with Gasteiger partial charge < -0.3 is 14.4 Å². The highest BCUT2D eigenvalue weighted by Crippen LogP contribution is 2.24. The van der Waals surface area contributed by atoms with E-state index in [1.54, 1.807) is 11.8 Å². The van der Waals surface area contributed by atoms with Crippen LogP contribution in [-0.4, -0.2) is 36.0 Å². The van der Waals surface area contributed by atoms with E-state index in [0.29, 0.717) is 18.8 Å². The van der Waals surface area contributed by atoms with Crippen molar-refractivity contribution in [2.45, 2.75) is 46.8 Å². The number of esters is 1. The first kappa shape index (κ1) is 19.9. The Bertz CT molecular complexity index is 867. The van der Waals surface area contributed by atoms with E-state index in [1.807, 2.05) is 51.1 Å². The molecule has 0 saturated carbocycles. The Morgan fingerprint density at radius 3 is 2.39 bits per heavy atom. The molecule has 1 aliphatic heterocycles. The zero-order valence-electron chi connectivity index (χ0n) is 17.0. The summed E-state index contributed by atoms with van der Waals surface area (Å²) in [5.41, 5.74) is 5.51. The topological polar surface area (TPSA) is 55.8 Å². The molecule has 3 rings (SSSR count). The van der Waals surface area contributed by atoms with E-state index in [0.717, 1.165) is 28.7 Å². The fraction of sp³-hybridized carbons (Fsp3) is 0.391. The standard InChI is InChI=1S/C23H27NO4/c1-15-11-16(2)22(17(3)12-15)27-14-21(25)28-18(4)23(26)24-10-9-19-7-5-6-8-20(19)13-24/h5-8,11-12,18H,9-10,13-14H2,1-4H3/t18-/m0/s1. The van der Waals surface area contributed by atoms with Crippen LogP contribution < -0.4 is 4.74 Å². The molecule has 0 spiro atoms. The number of nitrogens with zero attached hydrogens (tertiary/aromatic N) is 1. The van der Waals surface area contributed by atoms with Gasteiger partial charge in [-0.05, 0) is 56.4 Å². The summed E-state index contributed by atoms with van der Waals surface area (Å²) < 4.78 is 11.0. The molecule has 5 nitrogen and oxygen atoms in total. The molecule has 1 aliphatic rings. The molecule has 0 unspecified atom stereocenters. The molecular weight excluding hydrogens is 354 g/mol. The van der Waals surface area contributed by atoms with E-state index in [2.05, 4.69) is 6.07 Å². The van der Waals surface area contributed by atoms with Gasteiger partial charge in [0.25, 0.3) is 5.91 Å². The molecule has 1 atom stereocenters. The second-order valence-corrected chi connectivity index (χ2v) is 7.43. The Hall–Kier alpha value is -2.82. The van der Waals surface area contributed by atoms with Gasteiger partial charge in [0.05, 0.1) is 0 Å². The third-order valence-corrected chi connectivity index (χ3v) is 5.04. The number of ether oxygens (including phenoxy) is 2. The number of carbonyl (C=O) groups is 2. The highest BCUT2D eigenvalue weighted by molar-refractivity contribution is 5.84. The van der Waals surface area contributed by atoms with Crippen molar-refractivity contribution in [2.24, 2.45) is 0 Å². The van der Waals surface area contributed by atoms with Crippen molar-refractivity contribution in [3.63, 3.8) is 0 Å². The highest BCUT2D eigenvalue weighted by Gasteiger charge is 2.27. The first-order chi connectivity index (χ1) is 13.3. The Balaban J connectivity index is 1.54. The molecule has 0 saturated heterocycles. The maximum absolute atomic E-state index is 12.7. The predicted octanol–water partition coefficient (Wildman–Crippen LogP) is 3.51. The second-order valence-electron chi connectivity index (χ2n) is 7.43. The monoisotopic (exact) mass is 381 g/mol. The minimum Gasteiger partial charge on any atom is -0.481 e. The van der Waals surface area contributed by atoms with Gasteiger partial charge in [-0.2, -0.15) is 0 Å². The molecule has 1 heterocycles. The van der Waals surface area contributed by atoms with E-state index in [1.165, 1.54) is 5.56 Å². The minimum atomic E-state index is -0.832. The van der Waals surface area contributed by atoms with Gasteiger partial charge in [-0.25, -0.2) is 4.79 Å². The van der Waals surface area contributed by atoms with Crippen LogP contribution in [0, 0.1) is 20.8 Å². The van der Waals surface area contributed by atoms with Gasteiger partial charge in [-0.15, -0.1) is 0 Å². The third-order valence-electron chi connectivity index (χ3n) is 5.04. The van der Waals surface area contributed by atoms with Crippen molar-refractivity contribution in [1.82, 2.24) is 4.90 Å². The van der Waals surface area contributed by atoms with Crippen molar-refractivity contribution in [1.29, 1.82) is 0 Å². The van der Waals surface area contributed by atoms with Crippen LogP contribution >= 0.6 is 0 Å². The SMILES string of the molecule is Cc1cc(C)c(OCC(=O)O[C@@H](C)C(=O)N2CCc3ccccc3C2)c(C)c1. The van der Waals surface area contributed by atoms with Crippen LogP contribution in [0.25, 0.3) is 0 Å². The zero-order chi connectivity index (χ0) is 20.3. The van der Waals surface area contributed by atoms with Crippen LogP contribution in [0.3, 0.4) is 0 Å². The number of hydrogen-bond acceptors (Lipinski definition) is 4. The van der Waals surface area contributed by atoms with Crippen LogP contribution in [0.4, 0.5) is 0 Å². The Kier molecular flexibility index (Phi) is 6.02. The van der Waals surface area contributed by atoms with E-state index in [4.69, 9.17) is 9.47 Å². The molecule has 0 bridgehead atoms. The Labute approximate surface area is 166 Å². The van der Waals surface area contributed by atoms with Gasteiger partial charge in [0.15, 0.2) is 12.7 Å². The number of rotatable bonds is 5. The van der Waals surface area contributed by atoms with E-state index >= 15 is 0 Å². The molecule has 0 fully saturated rings. The molecule has 5 heteroatoms. The number of carbonyl (C=O) groups excluding carboxylic acids is 2. The number of fused-ring (bicyclic) bond motifs is 1. The number of benzene rings is 2. The third kappa shape index (κ3) is 4.53. The average molecular weight is 381 g/mol. The maximum Gasteiger partial charge on any atom is 0.344 e. The summed E-state index contributed by atoms with van der Waals surface area (Å²) >= 11 is 0. The molecule has 0 aromatic heterocycles. The lowest BCUT2D eigenvalue weighted by atomic mass is 9.99. The van der Waals surface area contributed by atoms with Crippen molar-refractivity contribution in [3.05, 3.63) is 64.2 Å². The smallest absolute Gasteiger partial charge is 0.344 e. The first-order valence-electron chi connectivity index (χ1n) is 9.61. The first-order valence-corrected chi connectivity index (χ1v) is 9.61. The van der Waals surface area contributed by atoms with Gasteiger partial charge >= 0.3 is 5.97 Å². The fourth-order valence-corrected chi connectivity index (χ4v) is 3.75. The second kappa shape index (κ2) is 8.46. The molecular formula is C23H27NO4. The minimum absolute atomic E-state index is 0.175. The van der Waals surface area contributed by atoms with E-state index in [-0.39, 0.29) is 12.5 Å². The molecule has 28 heavy (non-hydrogen) atoms. The van der Waals surface area contributed by atoms with Crippen molar-refractivity contribution in [3.8, 4) is 5.75 Å². The lowest BCUT2D eigenvalue weighted by Gasteiger charge is -2.30. The molecule has 0 aliphatic carbocycles. The van der Waals surface area contributed by atoms with Crippen LogP contribution in [0.15, 0.2) is 36.4 Å². The Morgan fingerprint density at radius 1 is 1.07 bits per heavy atom. The number of amides is 1. The van der Waals surface area contributed by atoms with E-state index < -0.39 is 12.1 Å². The van der Waals surface area contributed by atoms with Gasteiger partial charge in [0, 0.05) is 13.1 Å². The summed E-state index contributed by atoms with van der Waals surface area (Å²) in [7, 11) is 0. The van der Waals surface area contributed by atoms with Gasteiger partial charge in [0.1, 0.15) is 5.75 Å². The van der Waals surface area contributed by atoms with Crippen LogP contribution in [0.1, 0.15) is 34.7 Å². The zero-order valence-corrected chi connectivity index (χ0v) is 17.0. The summed E-state index contributed by atoms with van der Waals surface area (Å²) in [5.74, 6) is -0.0302. The normalized spacial score (nSPS) is 14.2. The molecule has 148 valence electrons. The van der Waals surface area contributed by atoms with Crippen LogP contribution in [-0.2, 0) is 27.3 Å². The lowest BCUT2D eigenvalue weighted by molar-refractivity contribution is -0.161. The maximum atomic E-state index is 12.7. The number of aryl methyl sites for hydroxylation is 3. The molecule has 0 radical (unpaired) electrons. The van der Waals surface area contributed by atoms with Crippen LogP contribution in [0.5, 0.6) is 5.75 Å². The predicted molar refractivity (Wildman–Crippen MR) is 107 cm³/mol. The number of hydrogen-bond donors (Lipinski definition) is 0. The summed E-state index contributed by atoms with van der Waals surface area (Å²) in [6.45, 7) is 8.49. The van der Waals surface area contributed by atoms with Crippen molar-refractivity contribution >= 4 is 11.9 Å². The quantitative estimate of drug-likeness (QED) is 0.744. The van der Waals surface area contributed by atoms with Crippen molar-refractivity contribution in [2.75, 3.05) is 13.2 Å². The van der Waals surface area contributed by atoms with Gasteiger partial charge in [-0.1, -0.05) is 42.0 Å². The lowest BCUT2D eigenvalue weighted by Crippen LogP contribution is -2.43. The summed E-state index contributed by atoms with van der Waals surface area (Å²) in [6.07, 6.45) is -0.0147. The van der Waals surface area contributed by atoms with Crippen LogP contribution in [0.2, 0.25) is 0 Å². The van der Waals surface area contributed by atoms with E-state index in [9.17, 15) is 9.59 Å². The Morgan fingerprint density at radius 2 is 1.71 bits per heavy atom. The summed E-state index contributed by atoms with van der Waals surface area (Å²) in [6, 6.07) is 12.1. The van der Waals surface area contributed by atoms with Gasteiger partial charge in [0.2, 0.25) is 0 Å². The summed E-state index contributed by atoms with van der Waals surface area (Å²) in [5, 5.41) is 0. The molecule has 1 amide bonds. The highest BCUT2D eigenvalue weighted by atomic mass is 16.6. The molecule has 2 aromatic rings. The molecule has 2 aromatic carbocycles. The fourth-order valence-electron chi connectivity index (χ4n) is 3.75. The molecule has 0 N–H and O–H groups in total. The van der Waals surface area contributed by atoms with Gasteiger partial charge in [-0.3, -0.25) is 4.79 Å².